The third-order valence-corrected chi connectivity index (χ3v) is 14.8. The lowest BCUT2D eigenvalue weighted by Crippen LogP contribution is -2.54. The number of amides is 6. The second-order valence-corrected chi connectivity index (χ2v) is 20.1. The normalized spacial score (nSPS) is 17.0. The zero-order valence-electron chi connectivity index (χ0n) is 45.2. The van der Waals surface area contributed by atoms with Crippen molar-refractivity contribution in [3.63, 3.8) is 0 Å². The van der Waals surface area contributed by atoms with Gasteiger partial charge in [-0.05, 0) is 142 Å². The van der Waals surface area contributed by atoms with E-state index in [4.69, 9.17) is 23.7 Å². The van der Waals surface area contributed by atoms with Gasteiger partial charge < -0.3 is 33.9 Å². The fraction of sp³-hybridized carbons (Fsp3) is 0.467. The van der Waals surface area contributed by atoms with Crippen molar-refractivity contribution in [2.45, 2.75) is 142 Å². The summed E-state index contributed by atoms with van der Waals surface area (Å²) in [5.41, 5.74) is 5.90. The summed E-state index contributed by atoms with van der Waals surface area (Å²) >= 11 is 0. The zero-order valence-corrected chi connectivity index (χ0v) is 45.2. The maximum absolute atomic E-state index is 14.5. The van der Waals surface area contributed by atoms with Gasteiger partial charge in [0.05, 0.1) is 31.3 Å². The molecule has 410 valence electrons. The molecular weight excluding hydrogens is 985 g/mol. The van der Waals surface area contributed by atoms with Gasteiger partial charge in [-0.1, -0.05) is 68.7 Å². The fourth-order valence-corrected chi connectivity index (χ4v) is 10.4. The van der Waals surface area contributed by atoms with Gasteiger partial charge >= 0.3 is 5.97 Å². The van der Waals surface area contributed by atoms with Crippen molar-refractivity contribution >= 4 is 47.2 Å². The van der Waals surface area contributed by atoms with Crippen LogP contribution in [0.25, 0.3) is 0 Å². The van der Waals surface area contributed by atoms with E-state index in [-0.39, 0.29) is 67.0 Å². The molecule has 2 fully saturated rings. The number of esters is 1. The largest absolute Gasteiger partial charge is 0.493 e. The van der Waals surface area contributed by atoms with E-state index in [1.165, 1.54) is 23.3 Å². The Labute approximate surface area is 450 Å². The number of benzene rings is 4. The Balaban J connectivity index is 0.865. The second-order valence-electron chi connectivity index (χ2n) is 20.1. The summed E-state index contributed by atoms with van der Waals surface area (Å²) in [6.45, 7) is 8.40. The maximum atomic E-state index is 14.5. The molecule has 4 aromatic carbocycles. The summed E-state index contributed by atoms with van der Waals surface area (Å²) in [5, 5.41) is 5.08. The molecule has 3 aliphatic heterocycles. The number of aryl methyl sites for hydroxylation is 4. The van der Waals surface area contributed by atoms with E-state index in [1.807, 2.05) is 38.1 Å². The zero-order chi connectivity index (χ0) is 55.2. The van der Waals surface area contributed by atoms with Crippen LogP contribution in [0.3, 0.4) is 0 Å². The molecule has 17 nitrogen and oxygen atoms in total. The molecule has 0 bridgehead atoms. The van der Waals surface area contributed by atoms with E-state index in [9.17, 15) is 38.4 Å². The number of carbonyl (C=O) groups is 8. The molecule has 7 rings (SSSR count). The highest BCUT2D eigenvalue weighted by atomic mass is 16.5. The number of rotatable bonds is 26. The summed E-state index contributed by atoms with van der Waals surface area (Å²) in [6.07, 6.45) is 7.11. The number of likely N-dealkylation sites (tertiary alicyclic amines) is 1. The number of nitrogens with zero attached hydrogens (tertiary/aromatic N) is 2. The predicted molar refractivity (Wildman–Crippen MR) is 286 cm³/mol. The Bertz CT molecular complexity index is 2850. The molecule has 1 unspecified atom stereocenters. The average Bonchev–Trinajstić information content (AvgIpc) is 3.68. The van der Waals surface area contributed by atoms with E-state index < -0.39 is 53.7 Å². The number of hydrogen-bond donors (Lipinski definition) is 2. The standard InChI is InChI=1S/C60H72N4O13/c1-7-45(42-32-39(4)55(74-6)51(34-42)73-5)57(69)63-30-14-12-21-48(63)60(72)77-49(27-25-40-24-23-37(2)38(3)31-40)41-17-15-19-44(33-41)75-36-53(67)61-29-13-10-8-9-11-18-43(65)35-76-50-22-16-20-46-54(50)59(71)64(58(46)70)47-26-28-52(66)62-56(47)68/h15-17,19-20,22-24,31-34,45,47-49H,7-14,18,21,25-30,35-36H2,1-6H3,(H,61,67)(H,62,66,68)/t45-,47?,48-,49+/m0/s1. The molecule has 77 heavy (non-hydrogen) atoms. The van der Waals surface area contributed by atoms with Crippen LogP contribution in [0.4, 0.5) is 0 Å². The molecule has 3 heterocycles. The number of ether oxygens (including phenoxy) is 5. The molecule has 0 saturated carbocycles. The van der Waals surface area contributed by atoms with Gasteiger partial charge in [0.2, 0.25) is 17.7 Å². The number of methoxy groups -OCH3 is 2. The van der Waals surface area contributed by atoms with Gasteiger partial charge in [0.25, 0.3) is 17.7 Å². The van der Waals surface area contributed by atoms with Gasteiger partial charge in [-0.15, -0.1) is 0 Å². The molecule has 0 spiro atoms. The minimum absolute atomic E-state index is 0.00475. The smallest absolute Gasteiger partial charge is 0.329 e. The Morgan fingerprint density at radius 3 is 2.29 bits per heavy atom. The highest BCUT2D eigenvalue weighted by Crippen LogP contribution is 2.38. The lowest BCUT2D eigenvalue weighted by molar-refractivity contribution is -0.162. The Kier molecular flexibility index (Phi) is 20.0. The number of Topliss-reactive ketones (excluding diaryl/α,β-unsaturated/α-hetero) is 1. The van der Waals surface area contributed by atoms with Crippen LogP contribution < -0.4 is 29.6 Å². The Morgan fingerprint density at radius 1 is 0.753 bits per heavy atom. The van der Waals surface area contributed by atoms with Crippen molar-refractivity contribution in [1.82, 2.24) is 20.4 Å². The molecule has 4 aromatic rings. The summed E-state index contributed by atoms with van der Waals surface area (Å²) < 4.78 is 29.3. The first-order valence-electron chi connectivity index (χ1n) is 26.9. The minimum Gasteiger partial charge on any atom is -0.493 e. The fourth-order valence-electron chi connectivity index (χ4n) is 10.4. The molecule has 0 aromatic heterocycles. The van der Waals surface area contributed by atoms with Crippen LogP contribution in [-0.2, 0) is 39.9 Å². The number of imide groups is 2. The summed E-state index contributed by atoms with van der Waals surface area (Å²) in [7, 11) is 3.16. The van der Waals surface area contributed by atoms with Crippen LogP contribution in [0, 0.1) is 20.8 Å². The molecule has 4 atom stereocenters. The summed E-state index contributed by atoms with van der Waals surface area (Å²) in [6, 6.07) is 20.0. The van der Waals surface area contributed by atoms with E-state index >= 15 is 0 Å². The predicted octanol–water partition coefficient (Wildman–Crippen LogP) is 8.31. The van der Waals surface area contributed by atoms with Gasteiger partial charge in [-0.2, -0.15) is 0 Å². The van der Waals surface area contributed by atoms with Crippen molar-refractivity contribution < 1.29 is 62.0 Å². The summed E-state index contributed by atoms with van der Waals surface area (Å²) in [5.74, 6) is -2.39. The van der Waals surface area contributed by atoms with Gasteiger partial charge in [-0.25, -0.2) is 4.79 Å². The van der Waals surface area contributed by atoms with E-state index in [0.717, 1.165) is 60.1 Å². The number of unbranched alkanes of at least 4 members (excludes halogenated alkanes) is 4. The van der Waals surface area contributed by atoms with Crippen LogP contribution >= 0.6 is 0 Å². The molecule has 2 saturated heterocycles. The average molecular weight is 1060 g/mol. The quantitative estimate of drug-likeness (QED) is 0.0345. The van der Waals surface area contributed by atoms with Crippen molar-refractivity contribution in [2.75, 3.05) is 40.5 Å². The SMILES string of the molecule is CC[C@H](C(=O)N1CCCC[C@H]1C(=O)O[C@H](CCc1ccc(C)c(C)c1)c1cccc(OCC(=O)NCCCCCCCC(=O)COc2cccc3c2C(=O)N(C2CCC(=O)NC2=O)C3=O)c1)c1cc(C)c(OC)c(OC)c1. The first kappa shape index (κ1) is 57.2. The highest BCUT2D eigenvalue weighted by molar-refractivity contribution is 6.24. The second kappa shape index (κ2) is 27.0. The first-order valence-corrected chi connectivity index (χ1v) is 26.9. The van der Waals surface area contributed by atoms with E-state index in [1.54, 1.807) is 37.3 Å². The topological polar surface area (TPSA) is 213 Å². The maximum Gasteiger partial charge on any atom is 0.329 e. The number of piperidine rings is 2. The highest BCUT2D eigenvalue weighted by Gasteiger charge is 2.46. The van der Waals surface area contributed by atoms with Crippen molar-refractivity contribution in [3.05, 3.63) is 117 Å². The number of hydrogen-bond acceptors (Lipinski definition) is 13. The molecule has 2 N–H and O–H groups in total. The monoisotopic (exact) mass is 1060 g/mol. The lowest BCUT2D eigenvalue weighted by Gasteiger charge is -2.37. The number of nitrogens with one attached hydrogen (secondary N) is 2. The third kappa shape index (κ3) is 14.3. The van der Waals surface area contributed by atoms with Crippen molar-refractivity contribution in [3.8, 4) is 23.0 Å². The van der Waals surface area contributed by atoms with Gasteiger partial charge in [0.15, 0.2) is 23.9 Å². The first-order chi connectivity index (χ1) is 37.1. The van der Waals surface area contributed by atoms with Crippen LogP contribution in [-0.4, -0.2) is 110 Å². The van der Waals surface area contributed by atoms with Gasteiger partial charge in [0, 0.05) is 25.9 Å². The third-order valence-electron chi connectivity index (χ3n) is 14.8. The molecule has 17 heteroatoms. The number of ketones is 1. The van der Waals surface area contributed by atoms with Crippen LogP contribution in [0.1, 0.15) is 157 Å². The van der Waals surface area contributed by atoms with E-state index in [2.05, 4.69) is 42.7 Å². The van der Waals surface area contributed by atoms with Gasteiger partial charge in [0.1, 0.15) is 36.3 Å². The molecule has 3 aliphatic rings. The molecule has 0 radical (unpaired) electrons. The minimum atomic E-state index is -1.11. The van der Waals surface area contributed by atoms with E-state index in [0.29, 0.717) is 68.0 Å². The van der Waals surface area contributed by atoms with Crippen molar-refractivity contribution in [2.24, 2.45) is 0 Å². The molecule has 0 aliphatic carbocycles. The Morgan fingerprint density at radius 2 is 1.53 bits per heavy atom. The van der Waals surface area contributed by atoms with Gasteiger partial charge in [-0.3, -0.25) is 43.8 Å². The Hall–Kier alpha value is -7.56. The summed E-state index contributed by atoms with van der Waals surface area (Å²) in [4.78, 5) is 108. The van der Waals surface area contributed by atoms with Crippen molar-refractivity contribution in [1.29, 1.82) is 0 Å². The van der Waals surface area contributed by atoms with Crippen LogP contribution in [0.5, 0.6) is 23.0 Å². The number of carbonyl (C=O) groups excluding carboxylic acids is 8. The van der Waals surface area contributed by atoms with Crippen LogP contribution in [0.15, 0.2) is 72.8 Å². The molecular formula is C60H72N4O13. The molecule has 6 amide bonds. The number of fused-ring (bicyclic) bond motifs is 1. The lowest BCUT2D eigenvalue weighted by atomic mass is 9.91. The van der Waals surface area contributed by atoms with Crippen LogP contribution in [0.2, 0.25) is 0 Å².